The summed E-state index contributed by atoms with van der Waals surface area (Å²) in [6.07, 6.45) is 0.447. The molecule has 0 amide bonds. The minimum Gasteiger partial charge on any atom is -0.465 e. The number of carbonyl (C=O) groups excluding carboxylic acids is 1. The molecule has 0 heterocycles. The maximum atomic E-state index is 12.1. The first-order chi connectivity index (χ1) is 8.40. The number of rotatable bonds is 5. The molecule has 1 atom stereocenters. The number of hydrogen-bond acceptors (Lipinski definition) is 3. The number of carbonyl (C=O) groups is 1. The zero-order valence-electron chi connectivity index (χ0n) is 11.6. The minimum absolute atomic E-state index is 0.316. The lowest BCUT2D eigenvalue weighted by Crippen LogP contribution is -2.47. The van der Waals surface area contributed by atoms with Gasteiger partial charge in [0.25, 0.3) is 0 Å². The zero-order valence-corrected chi connectivity index (χ0v) is 11.6. The molecule has 0 aliphatic heterocycles. The molecular weight excluding hydrogens is 228 g/mol. The van der Waals surface area contributed by atoms with Crippen LogP contribution in [0.4, 0.5) is 0 Å². The molecule has 18 heavy (non-hydrogen) atoms. The first kappa shape index (κ1) is 14.7. The van der Waals surface area contributed by atoms with E-state index in [9.17, 15) is 9.90 Å². The predicted octanol–water partition coefficient (Wildman–Crippen LogP) is 2.87. The molecule has 3 heteroatoms. The maximum absolute atomic E-state index is 12.1. The lowest BCUT2D eigenvalue weighted by atomic mass is 9.69. The van der Waals surface area contributed by atoms with Crippen molar-refractivity contribution in [1.82, 2.24) is 0 Å². The third-order valence-corrected chi connectivity index (χ3v) is 3.58. The summed E-state index contributed by atoms with van der Waals surface area (Å²) in [6, 6.07) is 9.28. The largest absolute Gasteiger partial charge is 0.465 e. The summed E-state index contributed by atoms with van der Waals surface area (Å²) in [6.45, 7) is 7.40. The highest BCUT2D eigenvalue weighted by Crippen LogP contribution is 2.43. The summed E-state index contributed by atoms with van der Waals surface area (Å²) in [5.74, 6) is -0.377. The highest BCUT2D eigenvalue weighted by atomic mass is 16.5. The summed E-state index contributed by atoms with van der Waals surface area (Å²) < 4.78 is 5.08. The standard InChI is InChI=1S/C15H22O3/c1-5-15(17,12-10-8-7-9-11-12)14(3,4)13(16)18-6-2/h7-11,17H,5-6H2,1-4H3/t15-/m1/s1. The lowest BCUT2D eigenvalue weighted by Gasteiger charge is -2.40. The third-order valence-electron chi connectivity index (χ3n) is 3.58. The van der Waals surface area contributed by atoms with Gasteiger partial charge >= 0.3 is 5.97 Å². The second-order valence-electron chi connectivity index (χ2n) is 4.93. The van der Waals surface area contributed by atoms with Gasteiger partial charge in [0.15, 0.2) is 0 Å². The van der Waals surface area contributed by atoms with Crippen LogP contribution in [0.5, 0.6) is 0 Å². The second kappa shape index (κ2) is 5.53. The van der Waals surface area contributed by atoms with Crippen molar-refractivity contribution in [2.24, 2.45) is 5.41 Å². The van der Waals surface area contributed by atoms with Gasteiger partial charge in [0, 0.05) is 0 Å². The van der Waals surface area contributed by atoms with Crippen LogP contribution in [0.1, 0.15) is 39.7 Å². The van der Waals surface area contributed by atoms with E-state index in [4.69, 9.17) is 4.74 Å². The van der Waals surface area contributed by atoms with E-state index in [0.29, 0.717) is 13.0 Å². The number of hydrogen-bond donors (Lipinski definition) is 1. The molecular formula is C15H22O3. The number of aliphatic hydroxyl groups is 1. The second-order valence-corrected chi connectivity index (χ2v) is 4.93. The Morgan fingerprint density at radius 1 is 1.22 bits per heavy atom. The van der Waals surface area contributed by atoms with Gasteiger partial charge < -0.3 is 9.84 Å². The van der Waals surface area contributed by atoms with Gasteiger partial charge in [-0.15, -0.1) is 0 Å². The van der Waals surface area contributed by atoms with E-state index >= 15 is 0 Å². The fourth-order valence-corrected chi connectivity index (χ4v) is 2.20. The van der Waals surface area contributed by atoms with Gasteiger partial charge in [0.1, 0.15) is 5.60 Å². The van der Waals surface area contributed by atoms with Gasteiger partial charge in [-0.25, -0.2) is 0 Å². The lowest BCUT2D eigenvalue weighted by molar-refractivity contribution is -0.173. The van der Waals surface area contributed by atoms with Crippen molar-refractivity contribution >= 4 is 5.97 Å². The van der Waals surface area contributed by atoms with Crippen LogP contribution < -0.4 is 0 Å². The molecule has 0 aliphatic carbocycles. The molecule has 0 fully saturated rings. The van der Waals surface area contributed by atoms with Crippen LogP contribution in [0.25, 0.3) is 0 Å². The average Bonchev–Trinajstić information content (AvgIpc) is 2.38. The van der Waals surface area contributed by atoms with E-state index in [1.165, 1.54) is 0 Å². The minimum atomic E-state index is -1.22. The Bertz CT molecular complexity index is 397. The Labute approximate surface area is 109 Å². The SMILES string of the molecule is CCOC(=O)C(C)(C)[C@@](O)(CC)c1ccccc1. The van der Waals surface area contributed by atoms with Crippen LogP contribution in [-0.2, 0) is 15.1 Å². The van der Waals surface area contributed by atoms with E-state index in [0.717, 1.165) is 5.56 Å². The molecule has 1 aromatic carbocycles. The predicted molar refractivity (Wildman–Crippen MR) is 71.0 cm³/mol. The fraction of sp³-hybridized carbons (Fsp3) is 0.533. The normalized spacial score (nSPS) is 14.9. The van der Waals surface area contributed by atoms with Crippen LogP contribution >= 0.6 is 0 Å². The summed E-state index contributed by atoms with van der Waals surface area (Å²) in [5.41, 5.74) is -1.47. The number of ether oxygens (including phenoxy) is 1. The van der Waals surface area contributed by atoms with Crippen LogP contribution in [-0.4, -0.2) is 17.7 Å². The summed E-state index contributed by atoms with van der Waals surface area (Å²) in [7, 11) is 0. The molecule has 1 N–H and O–H groups in total. The maximum Gasteiger partial charge on any atom is 0.314 e. The van der Waals surface area contributed by atoms with Gasteiger partial charge in [0.2, 0.25) is 0 Å². The summed E-state index contributed by atoms with van der Waals surface area (Å²) in [4.78, 5) is 12.1. The molecule has 0 saturated heterocycles. The van der Waals surface area contributed by atoms with Crippen molar-refractivity contribution < 1.29 is 14.6 Å². The first-order valence-corrected chi connectivity index (χ1v) is 6.35. The van der Waals surface area contributed by atoms with Crippen molar-refractivity contribution in [1.29, 1.82) is 0 Å². The van der Waals surface area contributed by atoms with Gasteiger partial charge in [-0.3, -0.25) is 4.79 Å². The van der Waals surface area contributed by atoms with E-state index < -0.39 is 11.0 Å². The van der Waals surface area contributed by atoms with E-state index in [1.54, 1.807) is 20.8 Å². The first-order valence-electron chi connectivity index (χ1n) is 6.35. The van der Waals surface area contributed by atoms with Gasteiger partial charge in [0.05, 0.1) is 12.0 Å². The average molecular weight is 250 g/mol. The molecule has 0 bridgehead atoms. The molecule has 0 unspecified atom stereocenters. The molecule has 0 saturated carbocycles. The van der Waals surface area contributed by atoms with E-state index in [-0.39, 0.29) is 5.97 Å². The van der Waals surface area contributed by atoms with Gasteiger partial charge in [-0.1, -0.05) is 37.3 Å². The fourth-order valence-electron chi connectivity index (χ4n) is 2.20. The van der Waals surface area contributed by atoms with Crippen LogP contribution in [0.2, 0.25) is 0 Å². The summed E-state index contributed by atoms with van der Waals surface area (Å²) in [5, 5.41) is 10.9. The van der Waals surface area contributed by atoms with Crippen LogP contribution in [0.15, 0.2) is 30.3 Å². The van der Waals surface area contributed by atoms with E-state index in [2.05, 4.69) is 0 Å². The van der Waals surface area contributed by atoms with E-state index in [1.807, 2.05) is 37.3 Å². The number of benzene rings is 1. The van der Waals surface area contributed by atoms with Crippen molar-refractivity contribution in [2.75, 3.05) is 6.61 Å². The monoisotopic (exact) mass is 250 g/mol. The van der Waals surface area contributed by atoms with Gasteiger partial charge in [-0.2, -0.15) is 0 Å². The quantitative estimate of drug-likeness (QED) is 0.817. The summed E-state index contributed by atoms with van der Waals surface area (Å²) >= 11 is 0. The Balaban J connectivity index is 3.19. The molecule has 100 valence electrons. The van der Waals surface area contributed by atoms with Gasteiger partial charge in [-0.05, 0) is 32.8 Å². The van der Waals surface area contributed by atoms with Crippen molar-refractivity contribution in [3.63, 3.8) is 0 Å². The smallest absolute Gasteiger partial charge is 0.314 e. The van der Waals surface area contributed by atoms with Crippen LogP contribution in [0, 0.1) is 5.41 Å². The Hall–Kier alpha value is -1.35. The molecule has 0 aromatic heterocycles. The Kier molecular flexibility index (Phi) is 4.52. The molecule has 1 aromatic rings. The number of esters is 1. The van der Waals surface area contributed by atoms with Crippen LogP contribution in [0.3, 0.4) is 0 Å². The van der Waals surface area contributed by atoms with Crippen molar-refractivity contribution in [3.8, 4) is 0 Å². The topological polar surface area (TPSA) is 46.5 Å². The molecule has 0 aliphatic rings. The molecule has 1 rings (SSSR count). The van der Waals surface area contributed by atoms with Crippen molar-refractivity contribution in [3.05, 3.63) is 35.9 Å². The molecule has 0 radical (unpaired) electrons. The molecule has 0 spiro atoms. The third kappa shape index (κ3) is 2.41. The molecule has 3 nitrogen and oxygen atoms in total. The zero-order chi connectivity index (χ0) is 13.8. The Morgan fingerprint density at radius 3 is 2.22 bits per heavy atom. The highest BCUT2D eigenvalue weighted by Gasteiger charge is 2.49. The highest BCUT2D eigenvalue weighted by molar-refractivity contribution is 5.78. The van der Waals surface area contributed by atoms with Crippen molar-refractivity contribution in [2.45, 2.75) is 39.7 Å². The Morgan fingerprint density at radius 2 is 1.78 bits per heavy atom.